The minimum Gasteiger partial charge on any atom is -0.481 e. The van der Waals surface area contributed by atoms with Crippen LogP contribution in [0, 0.1) is 5.92 Å². The maximum atomic E-state index is 12.8. The molecule has 0 aliphatic carbocycles. The molecule has 1 amide bonds. The Labute approximate surface area is 156 Å². The average Bonchev–Trinajstić information content (AvgIpc) is 2.59. The van der Waals surface area contributed by atoms with Gasteiger partial charge in [0.05, 0.1) is 0 Å². The number of aliphatic carboxylic acids is 1. The van der Waals surface area contributed by atoms with Crippen LogP contribution in [-0.2, 0) is 15.0 Å². The van der Waals surface area contributed by atoms with E-state index in [4.69, 9.17) is 9.84 Å². The van der Waals surface area contributed by atoms with E-state index in [9.17, 15) is 9.59 Å². The van der Waals surface area contributed by atoms with Gasteiger partial charge in [-0.1, -0.05) is 32.9 Å². The zero-order chi connectivity index (χ0) is 19.3. The molecule has 5 heteroatoms. The van der Waals surface area contributed by atoms with Crippen LogP contribution in [-0.4, -0.2) is 41.1 Å². The summed E-state index contributed by atoms with van der Waals surface area (Å²) in [5.74, 6) is 0.174. The third-order valence-electron chi connectivity index (χ3n) is 4.96. The predicted octanol–water partition coefficient (Wildman–Crippen LogP) is 3.85. The van der Waals surface area contributed by atoms with Crippen molar-refractivity contribution < 1.29 is 19.4 Å². The molecule has 0 saturated carbocycles. The molecule has 0 radical (unpaired) electrons. The fraction of sp³-hybridized carbons (Fsp3) is 0.619. The maximum Gasteiger partial charge on any atom is 0.303 e. The van der Waals surface area contributed by atoms with E-state index in [1.165, 1.54) is 5.56 Å². The number of likely N-dealkylation sites (tertiary alicyclic amines) is 1. The molecule has 1 aromatic rings. The Hall–Kier alpha value is -2.04. The lowest BCUT2D eigenvalue weighted by Crippen LogP contribution is -2.45. The Morgan fingerprint density at radius 3 is 2.73 bits per heavy atom. The minimum atomic E-state index is -0.774. The van der Waals surface area contributed by atoms with Crippen molar-refractivity contribution >= 4 is 11.9 Å². The summed E-state index contributed by atoms with van der Waals surface area (Å²) < 4.78 is 5.91. The van der Waals surface area contributed by atoms with Gasteiger partial charge in [0.2, 0.25) is 0 Å². The summed E-state index contributed by atoms with van der Waals surface area (Å²) in [6.45, 7) is 9.57. The molecule has 1 aromatic carbocycles. The number of ether oxygens (including phenoxy) is 1. The summed E-state index contributed by atoms with van der Waals surface area (Å²) in [7, 11) is 0. The van der Waals surface area contributed by atoms with E-state index >= 15 is 0 Å². The summed E-state index contributed by atoms with van der Waals surface area (Å²) in [5, 5.41) is 8.85. The van der Waals surface area contributed by atoms with Crippen molar-refractivity contribution in [2.24, 2.45) is 5.92 Å². The molecule has 5 nitrogen and oxygen atoms in total. The van der Waals surface area contributed by atoms with E-state index in [1.54, 1.807) is 6.92 Å². The van der Waals surface area contributed by atoms with Crippen LogP contribution in [0.2, 0.25) is 0 Å². The molecule has 1 aliphatic heterocycles. The Bertz CT molecular complexity index is 635. The molecule has 1 aliphatic rings. The molecule has 2 unspecified atom stereocenters. The molecule has 0 aromatic heterocycles. The summed E-state index contributed by atoms with van der Waals surface area (Å²) in [5.41, 5.74) is 1.19. The number of amides is 1. The Kier molecular flexibility index (Phi) is 6.68. The molecular weight excluding hydrogens is 330 g/mol. The summed E-state index contributed by atoms with van der Waals surface area (Å²) in [6.07, 6.45) is 2.14. The van der Waals surface area contributed by atoms with E-state index in [-0.39, 0.29) is 23.7 Å². The number of benzene rings is 1. The highest BCUT2D eigenvalue weighted by atomic mass is 16.5. The van der Waals surface area contributed by atoms with Crippen LogP contribution < -0.4 is 4.74 Å². The minimum absolute atomic E-state index is 0.0220. The number of hydrogen-bond donors (Lipinski definition) is 1. The molecule has 144 valence electrons. The van der Waals surface area contributed by atoms with Crippen molar-refractivity contribution in [3.05, 3.63) is 29.8 Å². The summed E-state index contributed by atoms with van der Waals surface area (Å²) in [4.78, 5) is 25.3. The van der Waals surface area contributed by atoms with Crippen LogP contribution in [0.5, 0.6) is 5.75 Å². The second kappa shape index (κ2) is 8.56. The van der Waals surface area contributed by atoms with Gasteiger partial charge < -0.3 is 14.7 Å². The summed E-state index contributed by atoms with van der Waals surface area (Å²) >= 11 is 0. The quantitative estimate of drug-likeness (QED) is 0.835. The Morgan fingerprint density at radius 2 is 2.08 bits per heavy atom. The highest BCUT2D eigenvalue weighted by molar-refractivity contribution is 5.81. The number of piperidine rings is 1. The van der Waals surface area contributed by atoms with Gasteiger partial charge in [0.25, 0.3) is 5.91 Å². The molecule has 26 heavy (non-hydrogen) atoms. The average molecular weight is 361 g/mol. The van der Waals surface area contributed by atoms with Gasteiger partial charge in [-0.15, -0.1) is 0 Å². The number of carboxylic acid groups (broad SMARTS) is 1. The Balaban J connectivity index is 1.95. The standard InChI is InChI=1S/C21H31NO4/c1-15(26-18-9-5-8-17(13-18)21(2,3)4)20(25)22-12-6-7-16(14-22)10-11-19(23)24/h5,8-9,13,15-16H,6-7,10-12,14H2,1-4H3,(H,23,24). The van der Waals surface area contributed by atoms with Crippen molar-refractivity contribution in [3.63, 3.8) is 0 Å². The van der Waals surface area contributed by atoms with E-state index in [1.807, 2.05) is 23.1 Å². The van der Waals surface area contributed by atoms with Gasteiger partial charge in [-0.2, -0.15) is 0 Å². The first-order valence-corrected chi connectivity index (χ1v) is 9.44. The van der Waals surface area contributed by atoms with Crippen LogP contribution in [0.25, 0.3) is 0 Å². The molecule has 1 N–H and O–H groups in total. The zero-order valence-corrected chi connectivity index (χ0v) is 16.3. The third kappa shape index (κ3) is 5.75. The fourth-order valence-corrected chi connectivity index (χ4v) is 3.38. The number of hydrogen-bond acceptors (Lipinski definition) is 3. The maximum absolute atomic E-state index is 12.8. The normalized spacial score (nSPS) is 19.1. The van der Waals surface area contributed by atoms with E-state index < -0.39 is 12.1 Å². The van der Waals surface area contributed by atoms with Crippen LogP contribution in [0.1, 0.15) is 58.9 Å². The van der Waals surface area contributed by atoms with Gasteiger partial charge in [-0.05, 0) is 55.2 Å². The monoisotopic (exact) mass is 361 g/mol. The highest BCUT2D eigenvalue weighted by Crippen LogP contribution is 2.27. The lowest BCUT2D eigenvalue weighted by Gasteiger charge is -2.34. The van der Waals surface area contributed by atoms with Crippen molar-refractivity contribution in [1.82, 2.24) is 4.90 Å². The van der Waals surface area contributed by atoms with Crippen LogP contribution in [0.3, 0.4) is 0 Å². The largest absolute Gasteiger partial charge is 0.481 e. The molecular formula is C21H31NO4. The first-order chi connectivity index (χ1) is 12.2. The number of nitrogens with zero attached hydrogens (tertiary/aromatic N) is 1. The van der Waals surface area contributed by atoms with Crippen molar-refractivity contribution in [3.8, 4) is 5.75 Å². The first-order valence-electron chi connectivity index (χ1n) is 9.44. The number of carbonyl (C=O) groups excluding carboxylic acids is 1. The van der Waals surface area contributed by atoms with Crippen molar-refractivity contribution in [1.29, 1.82) is 0 Å². The molecule has 1 saturated heterocycles. The molecule has 1 heterocycles. The molecule has 2 rings (SSSR count). The Morgan fingerprint density at radius 1 is 1.35 bits per heavy atom. The van der Waals surface area contributed by atoms with Gasteiger partial charge in [0.1, 0.15) is 5.75 Å². The molecule has 0 spiro atoms. The van der Waals surface area contributed by atoms with Gasteiger partial charge in [-0.25, -0.2) is 0 Å². The molecule has 1 fully saturated rings. The molecule has 0 bridgehead atoms. The molecule has 2 atom stereocenters. The summed E-state index contributed by atoms with van der Waals surface area (Å²) in [6, 6.07) is 7.90. The van der Waals surface area contributed by atoms with Crippen molar-refractivity contribution in [2.75, 3.05) is 13.1 Å². The van der Waals surface area contributed by atoms with Crippen molar-refractivity contribution in [2.45, 2.75) is 64.9 Å². The number of carboxylic acids is 1. The van der Waals surface area contributed by atoms with Gasteiger partial charge >= 0.3 is 5.97 Å². The van der Waals surface area contributed by atoms with E-state index in [0.717, 1.165) is 19.4 Å². The van der Waals surface area contributed by atoms with Gasteiger partial charge in [-0.3, -0.25) is 9.59 Å². The second-order valence-electron chi connectivity index (χ2n) is 8.26. The smallest absolute Gasteiger partial charge is 0.303 e. The van der Waals surface area contributed by atoms with E-state index in [2.05, 4.69) is 26.8 Å². The predicted molar refractivity (Wildman–Crippen MR) is 101 cm³/mol. The zero-order valence-electron chi connectivity index (χ0n) is 16.3. The lowest BCUT2D eigenvalue weighted by molar-refractivity contribution is -0.140. The number of carbonyl (C=O) groups is 2. The highest BCUT2D eigenvalue weighted by Gasteiger charge is 2.28. The fourth-order valence-electron chi connectivity index (χ4n) is 3.38. The van der Waals surface area contributed by atoms with Gasteiger partial charge in [0.15, 0.2) is 6.10 Å². The number of rotatable bonds is 6. The first kappa shape index (κ1) is 20.3. The SMILES string of the molecule is CC(Oc1cccc(C(C)(C)C)c1)C(=O)N1CCCC(CCC(=O)O)C1. The third-order valence-corrected chi connectivity index (χ3v) is 4.96. The van der Waals surface area contributed by atoms with E-state index in [0.29, 0.717) is 18.7 Å². The topological polar surface area (TPSA) is 66.8 Å². The second-order valence-corrected chi connectivity index (χ2v) is 8.26. The van der Waals surface area contributed by atoms with Gasteiger partial charge in [0, 0.05) is 19.5 Å². The lowest BCUT2D eigenvalue weighted by atomic mass is 9.87. The van der Waals surface area contributed by atoms with Crippen LogP contribution >= 0.6 is 0 Å². The van der Waals surface area contributed by atoms with Crippen LogP contribution in [0.4, 0.5) is 0 Å². The van der Waals surface area contributed by atoms with Crippen LogP contribution in [0.15, 0.2) is 24.3 Å².